The highest BCUT2D eigenvalue weighted by molar-refractivity contribution is 5.86. The Morgan fingerprint density at radius 1 is 1.67 bits per heavy atom. The third kappa shape index (κ3) is 1.95. The summed E-state index contributed by atoms with van der Waals surface area (Å²) in [6, 6.07) is 0. The van der Waals surface area contributed by atoms with Gasteiger partial charge in [0.1, 0.15) is 0 Å². The van der Waals surface area contributed by atoms with E-state index in [1.54, 1.807) is 0 Å². The predicted octanol–water partition coefficient (Wildman–Crippen LogP) is 1.47. The van der Waals surface area contributed by atoms with Crippen LogP contribution in [-0.2, 0) is 4.79 Å². The molecule has 0 atom stereocenters. The molecule has 1 fully saturated rings. The number of hydrogen-bond donors (Lipinski definition) is 0. The molecule has 0 saturated carbocycles. The van der Waals surface area contributed by atoms with E-state index in [4.69, 9.17) is 0 Å². The average Bonchev–Trinajstić information content (AvgIpc) is 1.98. The summed E-state index contributed by atoms with van der Waals surface area (Å²) in [6.07, 6.45) is 2.82. The first-order chi connectivity index (χ1) is 5.56. The van der Waals surface area contributed by atoms with E-state index in [1.807, 2.05) is 19.9 Å². The Morgan fingerprint density at radius 3 is 2.83 bits per heavy atom. The third-order valence-electron chi connectivity index (χ3n) is 2.56. The molecule has 1 rings (SSSR count). The molecule has 1 aliphatic heterocycles. The quantitative estimate of drug-likeness (QED) is 0.580. The minimum Gasteiger partial charge on any atom is -0.298 e. The number of likely N-dealkylation sites (tertiary alicyclic amines) is 1. The van der Waals surface area contributed by atoms with Crippen molar-refractivity contribution in [1.29, 1.82) is 0 Å². The van der Waals surface area contributed by atoms with Crippen LogP contribution in [0.25, 0.3) is 0 Å². The molecule has 1 heterocycles. The largest absolute Gasteiger partial charge is 0.298 e. The van der Waals surface area contributed by atoms with Crippen molar-refractivity contribution in [3.8, 4) is 0 Å². The summed E-state index contributed by atoms with van der Waals surface area (Å²) < 4.78 is 0. The fourth-order valence-electron chi connectivity index (χ4n) is 1.41. The van der Waals surface area contributed by atoms with Crippen molar-refractivity contribution in [3.05, 3.63) is 12.7 Å². The van der Waals surface area contributed by atoms with Gasteiger partial charge in [-0.05, 0) is 13.0 Å². The lowest BCUT2D eigenvalue weighted by Gasteiger charge is -2.34. The van der Waals surface area contributed by atoms with Crippen LogP contribution in [0, 0.1) is 5.41 Å². The van der Waals surface area contributed by atoms with Crippen molar-refractivity contribution in [3.63, 3.8) is 0 Å². The molecule has 0 unspecified atom stereocenters. The Balaban J connectivity index is 2.52. The molecular weight excluding hydrogens is 150 g/mol. The molecule has 0 bridgehead atoms. The lowest BCUT2D eigenvalue weighted by atomic mass is 9.81. The van der Waals surface area contributed by atoms with Gasteiger partial charge in [-0.25, -0.2) is 0 Å². The Bertz CT molecular complexity index is 196. The lowest BCUT2D eigenvalue weighted by Crippen LogP contribution is -2.45. The van der Waals surface area contributed by atoms with Crippen LogP contribution in [0.5, 0.6) is 0 Å². The van der Waals surface area contributed by atoms with Crippen LogP contribution in [0.2, 0.25) is 0 Å². The number of rotatable bonds is 2. The summed E-state index contributed by atoms with van der Waals surface area (Å²) >= 11 is 0. The monoisotopic (exact) mass is 167 g/mol. The number of ketones is 1. The molecule has 0 aliphatic carbocycles. The molecule has 0 aromatic heterocycles. The van der Waals surface area contributed by atoms with Crippen LogP contribution in [-0.4, -0.2) is 30.3 Å². The molecule has 0 aromatic rings. The van der Waals surface area contributed by atoms with Gasteiger partial charge < -0.3 is 0 Å². The summed E-state index contributed by atoms with van der Waals surface area (Å²) in [5.41, 5.74) is -0.0995. The second-order valence-electron chi connectivity index (χ2n) is 4.08. The lowest BCUT2D eigenvalue weighted by molar-refractivity contribution is -0.131. The van der Waals surface area contributed by atoms with Gasteiger partial charge in [0.25, 0.3) is 0 Å². The molecule has 1 aliphatic rings. The third-order valence-corrected chi connectivity index (χ3v) is 2.56. The first-order valence-corrected chi connectivity index (χ1v) is 4.43. The first kappa shape index (κ1) is 9.46. The SMILES string of the molecule is C=CCN1CCC(C)(C)C(=O)C1. The maximum Gasteiger partial charge on any atom is 0.152 e. The van der Waals surface area contributed by atoms with Crippen LogP contribution in [0.4, 0.5) is 0 Å². The van der Waals surface area contributed by atoms with Gasteiger partial charge in [0.15, 0.2) is 5.78 Å². The van der Waals surface area contributed by atoms with Gasteiger partial charge in [-0.15, -0.1) is 6.58 Å². The number of carbonyl (C=O) groups is 1. The zero-order chi connectivity index (χ0) is 9.19. The number of nitrogens with zero attached hydrogens (tertiary/aromatic N) is 1. The maximum atomic E-state index is 11.5. The summed E-state index contributed by atoms with van der Waals surface area (Å²) in [4.78, 5) is 13.7. The first-order valence-electron chi connectivity index (χ1n) is 4.43. The fraction of sp³-hybridized carbons (Fsp3) is 0.700. The summed E-state index contributed by atoms with van der Waals surface area (Å²) in [5, 5.41) is 0. The van der Waals surface area contributed by atoms with Crippen LogP contribution in [0.3, 0.4) is 0 Å². The molecular formula is C10H17NO. The highest BCUT2D eigenvalue weighted by atomic mass is 16.1. The van der Waals surface area contributed by atoms with Gasteiger partial charge in [0.2, 0.25) is 0 Å². The van der Waals surface area contributed by atoms with Crippen LogP contribution < -0.4 is 0 Å². The standard InChI is InChI=1S/C10H17NO/c1-4-6-11-7-5-10(2,3)9(12)8-11/h4H,1,5-8H2,2-3H3. The molecule has 0 N–H and O–H groups in total. The van der Waals surface area contributed by atoms with Crippen LogP contribution >= 0.6 is 0 Å². The smallest absolute Gasteiger partial charge is 0.152 e. The van der Waals surface area contributed by atoms with E-state index in [0.29, 0.717) is 12.3 Å². The highest BCUT2D eigenvalue weighted by Gasteiger charge is 2.32. The minimum atomic E-state index is -0.0995. The van der Waals surface area contributed by atoms with E-state index in [9.17, 15) is 4.79 Å². The van der Waals surface area contributed by atoms with Gasteiger partial charge in [-0.1, -0.05) is 19.9 Å². The molecule has 0 aromatic carbocycles. The fourth-order valence-corrected chi connectivity index (χ4v) is 1.41. The molecule has 2 heteroatoms. The van der Waals surface area contributed by atoms with Crippen molar-refractivity contribution in [2.75, 3.05) is 19.6 Å². The van der Waals surface area contributed by atoms with Crippen molar-refractivity contribution >= 4 is 5.78 Å². The highest BCUT2D eigenvalue weighted by Crippen LogP contribution is 2.26. The van der Waals surface area contributed by atoms with E-state index in [-0.39, 0.29) is 5.41 Å². The topological polar surface area (TPSA) is 20.3 Å². The Kier molecular flexibility index (Phi) is 2.68. The molecule has 0 radical (unpaired) electrons. The van der Waals surface area contributed by atoms with Gasteiger partial charge in [0.05, 0.1) is 6.54 Å². The molecule has 0 spiro atoms. The molecule has 1 saturated heterocycles. The zero-order valence-electron chi connectivity index (χ0n) is 7.97. The molecule has 12 heavy (non-hydrogen) atoms. The minimum absolute atomic E-state index is 0.0995. The van der Waals surface area contributed by atoms with Gasteiger partial charge in [-0.2, -0.15) is 0 Å². The van der Waals surface area contributed by atoms with Crippen LogP contribution in [0.15, 0.2) is 12.7 Å². The van der Waals surface area contributed by atoms with Gasteiger partial charge in [0, 0.05) is 12.0 Å². The number of carbonyl (C=O) groups excluding carboxylic acids is 1. The van der Waals surface area contributed by atoms with Crippen molar-refractivity contribution in [1.82, 2.24) is 4.90 Å². The predicted molar refractivity (Wildman–Crippen MR) is 50.0 cm³/mol. The molecule has 0 amide bonds. The van der Waals surface area contributed by atoms with E-state index in [1.165, 1.54) is 0 Å². The van der Waals surface area contributed by atoms with E-state index in [2.05, 4.69) is 11.5 Å². The summed E-state index contributed by atoms with van der Waals surface area (Å²) in [7, 11) is 0. The van der Waals surface area contributed by atoms with Crippen molar-refractivity contribution < 1.29 is 4.79 Å². The second kappa shape index (κ2) is 3.40. The van der Waals surface area contributed by atoms with E-state index >= 15 is 0 Å². The summed E-state index contributed by atoms with van der Waals surface area (Å²) in [5.74, 6) is 0.357. The number of piperidine rings is 1. The maximum absolute atomic E-state index is 11.5. The van der Waals surface area contributed by atoms with Gasteiger partial charge in [-0.3, -0.25) is 9.69 Å². The second-order valence-corrected chi connectivity index (χ2v) is 4.08. The van der Waals surface area contributed by atoms with Crippen LogP contribution in [0.1, 0.15) is 20.3 Å². The number of Topliss-reactive ketones (excluding diaryl/α,β-unsaturated/α-hetero) is 1. The summed E-state index contributed by atoms with van der Waals surface area (Å²) in [6.45, 7) is 10.2. The molecule has 68 valence electrons. The average molecular weight is 167 g/mol. The normalized spacial score (nSPS) is 24.0. The van der Waals surface area contributed by atoms with E-state index in [0.717, 1.165) is 19.5 Å². The number of hydrogen-bond acceptors (Lipinski definition) is 2. The Morgan fingerprint density at radius 2 is 2.33 bits per heavy atom. The van der Waals surface area contributed by atoms with Crippen molar-refractivity contribution in [2.24, 2.45) is 5.41 Å². The van der Waals surface area contributed by atoms with Gasteiger partial charge >= 0.3 is 0 Å². The Hall–Kier alpha value is -0.630. The zero-order valence-corrected chi connectivity index (χ0v) is 7.97. The van der Waals surface area contributed by atoms with E-state index < -0.39 is 0 Å². The molecule has 2 nitrogen and oxygen atoms in total. The van der Waals surface area contributed by atoms with Crippen molar-refractivity contribution in [2.45, 2.75) is 20.3 Å². The Labute approximate surface area is 74.2 Å².